The Hall–Kier alpha value is -0.450. The monoisotopic (exact) mass is 255 g/mol. The van der Waals surface area contributed by atoms with Crippen LogP contribution >= 0.6 is 11.8 Å². The highest BCUT2D eigenvalue weighted by Gasteiger charge is 2.19. The lowest BCUT2D eigenvalue weighted by molar-refractivity contribution is 0.126. The van der Waals surface area contributed by atoms with E-state index >= 15 is 0 Å². The molecule has 0 bridgehead atoms. The lowest BCUT2D eigenvalue weighted by Crippen LogP contribution is -2.39. The van der Waals surface area contributed by atoms with Gasteiger partial charge in [-0.25, -0.2) is 0 Å². The van der Waals surface area contributed by atoms with Crippen molar-refractivity contribution in [1.29, 1.82) is 0 Å². The van der Waals surface area contributed by atoms with Gasteiger partial charge in [-0.15, -0.1) is 0 Å². The molecule has 3 nitrogen and oxygen atoms in total. The van der Waals surface area contributed by atoms with E-state index < -0.39 is 6.10 Å². The summed E-state index contributed by atoms with van der Waals surface area (Å²) >= 11 is 2.03. The molecule has 1 aromatic heterocycles. The number of aliphatic hydroxyl groups is 1. The number of hydrogen-bond acceptors (Lipinski definition) is 4. The van der Waals surface area contributed by atoms with Crippen LogP contribution in [0.25, 0.3) is 0 Å². The van der Waals surface area contributed by atoms with Crippen LogP contribution in [0.2, 0.25) is 0 Å². The fourth-order valence-electron chi connectivity index (χ4n) is 2.27. The van der Waals surface area contributed by atoms with Crippen LogP contribution in [0.3, 0.4) is 0 Å². The predicted molar refractivity (Wildman–Crippen MR) is 71.2 cm³/mol. The molecule has 1 aromatic rings. The Morgan fingerprint density at radius 3 is 2.94 bits per heavy atom. The lowest BCUT2D eigenvalue weighted by Gasteiger charge is -2.27. The summed E-state index contributed by atoms with van der Waals surface area (Å²) in [5, 5.41) is 13.6. The van der Waals surface area contributed by atoms with Crippen molar-refractivity contribution in [2.75, 3.05) is 11.5 Å². The number of aliphatic hydroxyl groups excluding tert-OH is 1. The number of hydrogen-bond donors (Lipinski definition) is 2. The first-order valence-electron chi connectivity index (χ1n) is 6.31. The number of furan rings is 1. The van der Waals surface area contributed by atoms with E-state index in [1.807, 2.05) is 23.9 Å². The van der Waals surface area contributed by atoms with E-state index in [-0.39, 0.29) is 0 Å². The predicted octanol–water partition coefficient (Wildman–Crippen LogP) is 2.58. The molecule has 0 saturated carbocycles. The molecular weight excluding hydrogens is 234 g/mol. The molecule has 2 rings (SSSR count). The van der Waals surface area contributed by atoms with Gasteiger partial charge in [-0.1, -0.05) is 0 Å². The van der Waals surface area contributed by atoms with Crippen LogP contribution in [-0.2, 0) is 0 Å². The van der Waals surface area contributed by atoms with Gasteiger partial charge in [-0.2, -0.15) is 11.8 Å². The first-order chi connectivity index (χ1) is 8.25. The van der Waals surface area contributed by atoms with Gasteiger partial charge >= 0.3 is 0 Å². The molecule has 1 aliphatic rings. The minimum absolute atomic E-state index is 0.322. The molecule has 2 atom stereocenters. The summed E-state index contributed by atoms with van der Waals surface area (Å²) in [6.45, 7) is 2.13. The van der Waals surface area contributed by atoms with E-state index in [9.17, 15) is 5.11 Å². The van der Waals surface area contributed by atoms with E-state index in [1.54, 1.807) is 6.26 Å². The van der Waals surface area contributed by atoms with E-state index in [1.165, 1.54) is 24.3 Å². The summed E-state index contributed by atoms with van der Waals surface area (Å²) in [6.07, 6.45) is 4.30. The molecule has 2 unspecified atom stereocenters. The van der Waals surface area contributed by atoms with E-state index in [0.717, 1.165) is 0 Å². The van der Waals surface area contributed by atoms with Gasteiger partial charge in [0, 0.05) is 12.1 Å². The minimum Gasteiger partial charge on any atom is -0.467 e. The van der Waals surface area contributed by atoms with Crippen LogP contribution < -0.4 is 5.32 Å². The molecule has 0 radical (unpaired) electrons. The molecule has 0 aromatic carbocycles. The zero-order valence-corrected chi connectivity index (χ0v) is 11.1. The Morgan fingerprint density at radius 2 is 2.29 bits per heavy atom. The maximum atomic E-state index is 9.97. The summed E-state index contributed by atoms with van der Waals surface area (Å²) < 4.78 is 5.21. The average molecular weight is 255 g/mol. The van der Waals surface area contributed by atoms with Crippen molar-refractivity contribution < 1.29 is 9.52 Å². The van der Waals surface area contributed by atoms with Gasteiger partial charge in [-0.05, 0) is 49.8 Å². The quantitative estimate of drug-likeness (QED) is 0.849. The highest BCUT2D eigenvalue weighted by molar-refractivity contribution is 7.99. The van der Waals surface area contributed by atoms with Crippen LogP contribution in [0.1, 0.15) is 38.1 Å². The van der Waals surface area contributed by atoms with E-state index in [4.69, 9.17) is 4.42 Å². The summed E-state index contributed by atoms with van der Waals surface area (Å²) in [4.78, 5) is 0. The number of rotatable bonds is 5. The Kier molecular flexibility index (Phi) is 4.95. The maximum Gasteiger partial charge on any atom is 0.132 e. The normalized spacial score (nSPS) is 21.3. The van der Waals surface area contributed by atoms with Crippen LogP contribution in [-0.4, -0.2) is 28.7 Å². The molecule has 1 fully saturated rings. The van der Waals surface area contributed by atoms with Gasteiger partial charge in [0.15, 0.2) is 0 Å². The van der Waals surface area contributed by atoms with Gasteiger partial charge < -0.3 is 14.8 Å². The SMILES string of the molecule is CC(CC(O)c1ccco1)NC1CCSCC1. The van der Waals surface area contributed by atoms with Gasteiger partial charge in [0.05, 0.1) is 6.26 Å². The smallest absolute Gasteiger partial charge is 0.132 e. The molecule has 0 amide bonds. The topological polar surface area (TPSA) is 45.4 Å². The van der Waals surface area contributed by atoms with Gasteiger partial charge in [-0.3, -0.25) is 0 Å². The zero-order valence-electron chi connectivity index (χ0n) is 10.3. The van der Waals surface area contributed by atoms with Gasteiger partial charge in [0.2, 0.25) is 0 Å². The maximum absolute atomic E-state index is 9.97. The Morgan fingerprint density at radius 1 is 1.53 bits per heavy atom. The number of nitrogens with one attached hydrogen (secondary N) is 1. The molecular formula is C13H21NO2S. The highest BCUT2D eigenvalue weighted by atomic mass is 32.2. The molecule has 17 heavy (non-hydrogen) atoms. The first kappa shape index (κ1) is 13.0. The second kappa shape index (κ2) is 6.47. The van der Waals surface area contributed by atoms with Crippen molar-refractivity contribution in [1.82, 2.24) is 5.32 Å². The molecule has 0 spiro atoms. The third-order valence-electron chi connectivity index (χ3n) is 3.19. The third kappa shape index (κ3) is 4.05. The summed E-state index contributed by atoms with van der Waals surface area (Å²) in [5.41, 5.74) is 0. The van der Waals surface area contributed by atoms with E-state index in [0.29, 0.717) is 24.3 Å². The van der Waals surface area contributed by atoms with Crippen molar-refractivity contribution in [3.63, 3.8) is 0 Å². The Labute approximate surface area is 107 Å². The van der Waals surface area contributed by atoms with Crippen molar-refractivity contribution >= 4 is 11.8 Å². The fourth-order valence-corrected chi connectivity index (χ4v) is 3.37. The Balaban J connectivity index is 1.74. The fraction of sp³-hybridized carbons (Fsp3) is 0.692. The second-order valence-corrected chi connectivity index (χ2v) is 5.95. The molecule has 1 aliphatic heterocycles. The minimum atomic E-state index is -0.495. The molecule has 4 heteroatoms. The van der Waals surface area contributed by atoms with Crippen molar-refractivity contribution in [2.24, 2.45) is 0 Å². The number of thioether (sulfide) groups is 1. The second-order valence-electron chi connectivity index (χ2n) is 4.72. The molecule has 2 heterocycles. The largest absolute Gasteiger partial charge is 0.467 e. The summed E-state index contributed by atoms with van der Waals surface area (Å²) in [5.74, 6) is 3.17. The van der Waals surface area contributed by atoms with Crippen LogP contribution in [0.4, 0.5) is 0 Å². The standard InChI is InChI=1S/C13H21NO2S/c1-10(14-11-4-7-17-8-5-11)9-12(15)13-3-2-6-16-13/h2-3,6,10-12,14-15H,4-5,7-9H2,1H3. The van der Waals surface area contributed by atoms with Gasteiger partial charge in [0.1, 0.15) is 11.9 Å². The molecule has 2 N–H and O–H groups in total. The van der Waals surface area contributed by atoms with Crippen LogP contribution in [0, 0.1) is 0 Å². The van der Waals surface area contributed by atoms with E-state index in [2.05, 4.69) is 12.2 Å². The van der Waals surface area contributed by atoms with Crippen LogP contribution in [0.5, 0.6) is 0 Å². The zero-order chi connectivity index (χ0) is 12.1. The van der Waals surface area contributed by atoms with Gasteiger partial charge in [0.25, 0.3) is 0 Å². The highest BCUT2D eigenvalue weighted by Crippen LogP contribution is 2.21. The third-order valence-corrected chi connectivity index (χ3v) is 4.24. The summed E-state index contributed by atoms with van der Waals surface area (Å²) in [7, 11) is 0. The molecule has 96 valence electrons. The molecule has 0 aliphatic carbocycles. The molecule has 1 saturated heterocycles. The lowest BCUT2D eigenvalue weighted by atomic mass is 10.1. The Bertz CT molecular complexity index is 309. The first-order valence-corrected chi connectivity index (χ1v) is 7.46. The van der Waals surface area contributed by atoms with Crippen molar-refractivity contribution in [3.8, 4) is 0 Å². The summed E-state index contributed by atoms with van der Waals surface area (Å²) in [6, 6.07) is 4.59. The van der Waals surface area contributed by atoms with Crippen LogP contribution in [0.15, 0.2) is 22.8 Å². The van der Waals surface area contributed by atoms with Crippen molar-refractivity contribution in [2.45, 2.75) is 44.4 Å². The average Bonchev–Trinajstić information content (AvgIpc) is 2.83. The van der Waals surface area contributed by atoms with Crippen molar-refractivity contribution in [3.05, 3.63) is 24.2 Å².